The van der Waals surface area contributed by atoms with Gasteiger partial charge in [-0.05, 0) is 38.0 Å². The van der Waals surface area contributed by atoms with Crippen LogP contribution in [0.25, 0.3) is 10.9 Å². The van der Waals surface area contributed by atoms with E-state index in [9.17, 15) is 9.59 Å². The van der Waals surface area contributed by atoms with E-state index < -0.39 is 0 Å². The molecular weight excluding hydrogens is 398 g/mol. The molecule has 32 heavy (non-hydrogen) atoms. The summed E-state index contributed by atoms with van der Waals surface area (Å²) in [6, 6.07) is 17.1. The quantitative estimate of drug-likeness (QED) is 0.364. The zero-order valence-electron chi connectivity index (χ0n) is 19.6. The van der Waals surface area contributed by atoms with Gasteiger partial charge in [0.15, 0.2) is 0 Å². The van der Waals surface area contributed by atoms with Gasteiger partial charge in [0.1, 0.15) is 5.82 Å². The second kappa shape index (κ2) is 11.6. The van der Waals surface area contributed by atoms with Crippen molar-refractivity contribution >= 4 is 16.8 Å². The van der Waals surface area contributed by atoms with Crippen molar-refractivity contribution in [3.8, 4) is 0 Å². The molecule has 5 heteroatoms. The first-order chi connectivity index (χ1) is 15.6. The molecule has 0 aliphatic rings. The number of hydrogen-bond acceptors (Lipinski definition) is 3. The fraction of sp³-hybridized carbons (Fsp3) is 0.444. The molecule has 0 saturated heterocycles. The topological polar surface area (TPSA) is 55.2 Å². The molecule has 3 aromatic rings. The van der Waals surface area contributed by atoms with Crippen molar-refractivity contribution in [1.82, 2.24) is 14.5 Å². The van der Waals surface area contributed by atoms with Crippen LogP contribution in [0.2, 0.25) is 0 Å². The molecule has 0 bridgehead atoms. The minimum atomic E-state index is -0.288. The van der Waals surface area contributed by atoms with Crippen molar-refractivity contribution < 1.29 is 4.79 Å². The first kappa shape index (κ1) is 23.7. The summed E-state index contributed by atoms with van der Waals surface area (Å²) in [7, 11) is 0. The summed E-state index contributed by atoms with van der Waals surface area (Å²) >= 11 is 0. The lowest BCUT2D eigenvalue weighted by atomic mass is 10.1. The smallest absolute Gasteiger partial charge is 0.261 e. The van der Waals surface area contributed by atoms with E-state index in [0.717, 1.165) is 18.4 Å². The summed E-state index contributed by atoms with van der Waals surface area (Å²) < 4.78 is 1.74. The molecule has 1 unspecified atom stereocenters. The molecular formula is C27H35N3O2. The lowest BCUT2D eigenvalue weighted by molar-refractivity contribution is -0.133. The maximum atomic E-state index is 13.4. The Kier molecular flexibility index (Phi) is 8.60. The molecule has 3 rings (SSSR count). The van der Waals surface area contributed by atoms with Gasteiger partial charge in [-0.25, -0.2) is 4.98 Å². The Morgan fingerprint density at radius 3 is 2.38 bits per heavy atom. The molecule has 0 fully saturated rings. The number of benzene rings is 2. The number of amides is 1. The van der Waals surface area contributed by atoms with Crippen molar-refractivity contribution in [2.75, 3.05) is 6.54 Å². The lowest BCUT2D eigenvalue weighted by Gasteiger charge is -2.29. The molecule has 0 N–H and O–H groups in total. The SMILES string of the molecule is CCCCCCCC(=O)N(CC)C(C)c1nc2ccccc2c(=O)n1Cc1ccccc1. The van der Waals surface area contributed by atoms with Crippen molar-refractivity contribution in [2.45, 2.75) is 71.9 Å². The highest BCUT2D eigenvalue weighted by atomic mass is 16.2. The van der Waals surface area contributed by atoms with Crippen molar-refractivity contribution in [1.29, 1.82) is 0 Å². The van der Waals surface area contributed by atoms with Crippen LogP contribution in [0, 0.1) is 0 Å². The summed E-state index contributed by atoms with van der Waals surface area (Å²) in [5.74, 6) is 0.768. The Balaban J connectivity index is 1.93. The molecule has 1 heterocycles. The van der Waals surface area contributed by atoms with Crippen LogP contribution in [0.3, 0.4) is 0 Å². The Hall–Kier alpha value is -2.95. The largest absolute Gasteiger partial charge is 0.333 e. The van der Waals surface area contributed by atoms with Gasteiger partial charge in [-0.2, -0.15) is 0 Å². The summed E-state index contributed by atoms with van der Waals surface area (Å²) in [4.78, 5) is 33.2. The highest BCUT2D eigenvalue weighted by Crippen LogP contribution is 2.22. The number of aromatic nitrogens is 2. The van der Waals surface area contributed by atoms with E-state index >= 15 is 0 Å². The lowest BCUT2D eigenvalue weighted by Crippen LogP contribution is -2.37. The third-order valence-corrected chi connectivity index (χ3v) is 6.07. The highest BCUT2D eigenvalue weighted by Gasteiger charge is 2.25. The van der Waals surface area contributed by atoms with Crippen LogP contribution < -0.4 is 5.56 Å². The highest BCUT2D eigenvalue weighted by molar-refractivity contribution is 5.78. The molecule has 0 aliphatic carbocycles. The standard InChI is InChI=1S/C27H35N3O2/c1-4-6-7-8-12-19-25(31)29(5-2)21(3)26-28-24-18-14-13-17-23(24)27(32)30(26)20-22-15-10-9-11-16-22/h9-11,13-18,21H,4-8,12,19-20H2,1-3H3. The van der Waals surface area contributed by atoms with Crippen LogP contribution >= 0.6 is 0 Å². The van der Waals surface area contributed by atoms with Gasteiger partial charge in [-0.15, -0.1) is 0 Å². The van der Waals surface area contributed by atoms with Gasteiger partial charge in [-0.3, -0.25) is 14.2 Å². The second-order valence-corrected chi connectivity index (χ2v) is 8.38. The Morgan fingerprint density at radius 2 is 1.66 bits per heavy atom. The van der Waals surface area contributed by atoms with E-state index in [-0.39, 0.29) is 17.5 Å². The molecule has 1 amide bonds. The third-order valence-electron chi connectivity index (χ3n) is 6.07. The predicted octanol–water partition coefficient (Wildman–Crippen LogP) is 5.71. The average molecular weight is 434 g/mol. The molecule has 0 aliphatic heterocycles. The van der Waals surface area contributed by atoms with E-state index in [1.807, 2.05) is 73.3 Å². The molecule has 5 nitrogen and oxygen atoms in total. The van der Waals surface area contributed by atoms with Gasteiger partial charge in [0.2, 0.25) is 5.91 Å². The van der Waals surface area contributed by atoms with Crippen molar-refractivity contribution in [3.05, 3.63) is 76.3 Å². The summed E-state index contributed by atoms with van der Waals surface area (Å²) in [5, 5.41) is 0.602. The van der Waals surface area contributed by atoms with E-state index in [1.165, 1.54) is 19.3 Å². The third kappa shape index (κ3) is 5.64. The van der Waals surface area contributed by atoms with Crippen molar-refractivity contribution in [3.63, 3.8) is 0 Å². The molecule has 0 radical (unpaired) electrons. The van der Waals surface area contributed by atoms with Crippen LogP contribution in [-0.4, -0.2) is 26.9 Å². The fourth-order valence-corrected chi connectivity index (χ4v) is 4.25. The number of para-hydroxylation sites is 1. The van der Waals surface area contributed by atoms with Crippen molar-refractivity contribution in [2.24, 2.45) is 0 Å². The van der Waals surface area contributed by atoms with E-state index in [0.29, 0.717) is 36.2 Å². The van der Waals surface area contributed by atoms with Gasteiger partial charge in [0, 0.05) is 13.0 Å². The number of unbranched alkanes of at least 4 members (excludes halogenated alkanes) is 4. The van der Waals surface area contributed by atoms with E-state index in [4.69, 9.17) is 4.98 Å². The molecule has 1 aromatic heterocycles. The van der Waals surface area contributed by atoms with Crippen LogP contribution in [0.15, 0.2) is 59.4 Å². The zero-order chi connectivity index (χ0) is 22.9. The van der Waals surface area contributed by atoms with Gasteiger partial charge in [0.05, 0.1) is 23.5 Å². The van der Waals surface area contributed by atoms with Crippen LogP contribution in [0.5, 0.6) is 0 Å². The fourth-order valence-electron chi connectivity index (χ4n) is 4.25. The van der Waals surface area contributed by atoms with Crippen LogP contribution in [-0.2, 0) is 11.3 Å². The first-order valence-electron chi connectivity index (χ1n) is 11.9. The van der Waals surface area contributed by atoms with Gasteiger partial charge in [-0.1, -0.05) is 75.1 Å². The summed E-state index contributed by atoms with van der Waals surface area (Å²) in [6.45, 7) is 7.18. The number of fused-ring (bicyclic) bond motifs is 1. The Labute approximate surface area is 191 Å². The minimum absolute atomic E-state index is 0.0654. The molecule has 170 valence electrons. The number of hydrogen-bond donors (Lipinski definition) is 0. The second-order valence-electron chi connectivity index (χ2n) is 8.38. The van der Waals surface area contributed by atoms with E-state index in [1.54, 1.807) is 4.57 Å². The van der Waals surface area contributed by atoms with Crippen LogP contribution in [0.1, 0.15) is 76.7 Å². The Bertz CT molecular complexity index is 1080. The number of rotatable bonds is 11. The first-order valence-corrected chi connectivity index (χ1v) is 11.9. The monoisotopic (exact) mass is 433 g/mol. The normalized spacial score (nSPS) is 12.1. The molecule has 1 atom stereocenters. The van der Waals surface area contributed by atoms with Crippen LogP contribution in [0.4, 0.5) is 0 Å². The van der Waals surface area contributed by atoms with Gasteiger partial charge < -0.3 is 4.90 Å². The number of carbonyl (C=O) groups excluding carboxylic acids is 1. The van der Waals surface area contributed by atoms with Gasteiger partial charge >= 0.3 is 0 Å². The number of nitrogens with zero attached hydrogens (tertiary/aromatic N) is 3. The molecule has 0 saturated carbocycles. The minimum Gasteiger partial charge on any atom is -0.333 e. The average Bonchev–Trinajstić information content (AvgIpc) is 2.81. The zero-order valence-corrected chi connectivity index (χ0v) is 19.6. The number of carbonyl (C=O) groups is 1. The maximum absolute atomic E-state index is 13.4. The predicted molar refractivity (Wildman–Crippen MR) is 131 cm³/mol. The van der Waals surface area contributed by atoms with Gasteiger partial charge in [0.25, 0.3) is 5.56 Å². The van der Waals surface area contributed by atoms with E-state index in [2.05, 4.69) is 6.92 Å². The molecule has 0 spiro atoms. The Morgan fingerprint density at radius 1 is 0.969 bits per heavy atom. The molecule has 2 aromatic carbocycles. The summed E-state index contributed by atoms with van der Waals surface area (Å²) in [6.07, 6.45) is 6.11. The summed E-state index contributed by atoms with van der Waals surface area (Å²) in [5.41, 5.74) is 1.64. The maximum Gasteiger partial charge on any atom is 0.261 e.